The van der Waals surface area contributed by atoms with Crippen molar-refractivity contribution in [3.63, 3.8) is 0 Å². The third-order valence-corrected chi connectivity index (χ3v) is 5.04. The second-order valence-electron chi connectivity index (χ2n) is 6.08. The Morgan fingerprint density at radius 3 is 2.79 bits per heavy atom. The summed E-state index contributed by atoms with van der Waals surface area (Å²) >= 11 is 1.49. The highest BCUT2D eigenvalue weighted by molar-refractivity contribution is 7.21. The number of aromatic nitrogens is 3. The number of hydrogen-bond acceptors (Lipinski definition) is 7. The minimum atomic E-state index is -1.11. The maximum absolute atomic E-state index is 11.1. The maximum Gasteiger partial charge on any atom is 0.356 e. The van der Waals surface area contributed by atoms with Gasteiger partial charge in [0.1, 0.15) is 0 Å². The SMILES string of the molecule is CC(N=Nc1nc2ccccc2s1)c1cccc(-c2cncc(C(=O)O)n2)c1. The molecule has 0 aliphatic carbocycles. The molecule has 1 unspecified atom stereocenters. The van der Waals surface area contributed by atoms with Crippen LogP contribution in [0.1, 0.15) is 29.0 Å². The van der Waals surface area contributed by atoms with E-state index in [4.69, 9.17) is 5.11 Å². The van der Waals surface area contributed by atoms with Gasteiger partial charge in [0.25, 0.3) is 0 Å². The lowest BCUT2D eigenvalue weighted by molar-refractivity contribution is 0.0690. The van der Waals surface area contributed by atoms with Crippen molar-refractivity contribution in [2.45, 2.75) is 13.0 Å². The van der Waals surface area contributed by atoms with E-state index in [0.29, 0.717) is 10.8 Å². The van der Waals surface area contributed by atoms with Crippen molar-refractivity contribution in [3.8, 4) is 11.3 Å². The molecule has 0 spiro atoms. The molecular weight excluding hydrogens is 374 g/mol. The number of aromatic carboxylic acids is 1. The zero-order valence-corrected chi connectivity index (χ0v) is 15.7. The summed E-state index contributed by atoms with van der Waals surface area (Å²) in [6.45, 7) is 1.94. The molecule has 0 aliphatic rings. The van der Waals surface area contributed by atoms with Crippen LogP contribution in [-0.4, -0.2) is 26.0 Å². The lowest BCUT2D eigenvalue weighted by Crippen LogP contribution is -2.02. The van der Waals surface area contributed by atoms with E-state index in [1.165, 1.54) is 17.5 Å². The van der Waals surface area contributed by atoms with E-state index < -0.39 is 5.97 Å². The fraction of sp³-hybridized carbons (Fsp3) is 0.100. The first-order chi connectivity index (χ1) is 13.6. The standard InChI is InChI=1S/C20H15N5O2S/c1-12(24-25-20-23-15-7-2-3-8-18(15)28-20)13-5-4-6-14(9-13)16-10-21-11-17(22-16)19(26)27/h2-12H,1H3,(H,26,27). The number of carbonyl (C=O) groups is 1. The molecule has 2 aromatic carbocycles. The molecule has 4 aromatic rings. The maximum atomic E-state index is 11.1. The number of hydrogen-bond donors (Lipinski definition) is 1. The van der Waals surface area contributed by atoms with Crippen LogP contribution < -0.4 is 0 Å². The first kappa shape index (κ1) is 17.9. The summed E-state index contributed by atoms with van der Waals surface area (Å²) in [5.74, 6) is -1.11. The summed E-state index contributed by atoms with van der Waals surface area (Å²) in [6.07, 6.45) is 2.77. The molecule has 28 heavy (non-hydrogen) atoms. The Labute approximate surface area is 164 Å². The second-order valence-corrected chi connectivity index (χ2v) is 7.08. The van der Waals surface area contributed by atoms with Gasteiger partial charge in [-0.15, -0.1) is 5.11 Å². The fourth-order valence-corrected chi connectivity index (χ4v) is 3.46. The third-order valence-electron chi connectivity index (χ3n) is 4.12. The van der Waals surface area contributed by atoms with Crippen LogP contribution in [0.2, 0.25) is 0 Å². The molecule has 7 nitrogen and oxygen atoms in total. The Balaban J connectivity index is 1.58. The Bertz CT molecular complexity index is 1150. The Kier molecular flexibility index (Phi) is 4.86. The number of nitrogens with zero attached hydrogens (tertiary/aromatic N) is 5. The monoisotopic (exact) mass is 389 g/mol. The van der Waals surface area contributed by atoms with Crippen molar-refractivity contribution in [2.24, 2.45) is 10.2 Å². The molecule has 2 aromatic heterocycles. The quantitative estimate of drug-likeness (QED) is 0.467. The first-order valence-corrected chi connectivity index (χ1v) is 9.34. The second kappa shape index (κ2) is 7.61. The molecule has 1 atom stereocenters. The first-order valence-electron chi connectivity index (χ1n) is 8.52. The number of carboxylic acids is 1. The van der Waals surface area contributed by atoms with E-state index in [2.05, 4.69) is 25.2 Å². The van der Waals surface area contributed by atoms with Gasteiger partial charge >= 0.3 is 5.97 Å². The molecule has 4 rings (SSSR count). The Morgan fingerprint density at radius 1 is 1.11 bits per heavy atom. The van der Waals surface area contributed by atoms with Gasteiger partial charge in [-0.05, 0) is 30.7 Å². The minimum absolute atomic E-state index is 0.0912. The lowest BCUT2D eigenvalue weighted by Gasteiger charge is -2.08. The van der Waals surface area contributed by atoms with Gasteiger partial charge in [0.15, 0.2) is 5.69 Å². The van der Waals surface area contributed by atoms with E-state index in [1.54, 1.807) is 6.20 Å². The van der Waals surface area contributed by atoms with Crippen molar-refractivity contribution in [3.05, 3.63) is 72.2 Å². The van der Waals surface area contributed by atoms with Crippen LogP contribution in [0.4, 0.5) is 5.13 Å². The van der Waals surface area contributed by atoms with Crippen molar-refractivity contribution >= 4 is 32.7 Å². The molecule has 2 heterocycles. The largest absolute Gasteiger partial charge is 0.476 e. The number of fused-ring (bicyclic) bond motifs is 1. The molecule has 0 aliphatic heterocycles. The van der Waals surface area contributed by atoms with Crippen LogP contribution in [0.15, 0.2) is 71.2 Å². The highest BCUT2D eigenvalue weighted by atomic mass is 32.1. The minimum Gasteiger partial charge on any atom is -0.476 e. The van der Waals surface area contributed by atoms with E-state index >= 15 is 0 Å². The zero-order chi connectivity index (χ0) is 19.5. The van der Waals surface area contributed by atoms with Crippen LogP contribution in [0.3, 0.4) is 0 Å². The fourth-order valence-electron chi connectivity index (χ4n) is 2.67. The van der Waals surface area contributed by atoms with E-state index in [1.807, 2.05) is 55.5 Å². The summed E-state index contributed by atoms with van der Waals surface area (Å²) in [6, 6.07) is 15.3. The number of carboxylic acid groups (broad SMARTS) is 1. The Morgan fingerprint density at radius 2 is 1.96 bits per heavy atom. The molecule has 0 saturated heterocycles. The molecule has 0 bridgehead atoms. The summed E-state index contributed by atoms with van der Waals surface area (Å²) in [7, 11) is 0. The predicted octanol–water partition coefficient (Wildman–Crippen LogP) is 5.30. The van der Waals surface area contributed by atoms with Gasteiger partial charge in [-0.1, -0.05) is 41.7 Å². The summed E-state index contributed by atoms with van der Waals surface area (Å²) in [5, 5.41) is 18.4. The van der Waals surface area contributed by atoms with Gasteiger partial charge < -0.3 is 5.11 Å². The van der Waals surface area contributed by atoms with Crippen LogP contribution in [0.5, 0.6) is 0 Å². The summed E-state index contributed by atoms with van der Waals surface area (Å²) in [4.78, 5) is 23.7. The molecule has 0 amide bonds. The van der Waals surface area contributed by atoms with Gasteiger partial charge in [-0.25, -0.2) is 14.8 Å². The predicted molar refractivity (Wildman–Crippen MR) is 107 cm³/mol. The van der Waals surface area contributed by atoms with Crippen LogP contribution in [-0.2, 0) is 0 Å². The van der Waals surface area contributed by atoms with Crippen molar-refractivity contribution in [1.82, 2.24) is 15.0 Å². The van der Waals surface area contributed by atoms with E-state index in [-0.39, 0.29) is 11.7 Å². The van der Waals surface area contributed by atoms with Crippen molar-refractivity contribution in [2.75, 3.05) is 0 Å². The third kappa shape index (κ3) is 3.77. The lowest BCUT2D eigenvalue weighted by atomic mass is 10.0. The topological polar surface area (TPSA) is 101 Å². The normalized spacial score (nSPS) is 12.5. The average Bonchev–Trinajstić information content (AvgIpc) is 3.15. The number of rotatable bonds is 5. The summed E-state index contributed by atoms with van der Waals surface area (Å²) in [5.41, 5.74) is 3.02. The van der Waals surface area contributed by atoms with Gasteiger partial charge in [0.05, 0.1) is 34.3 Å². The molecule has 138 valence electrons. The van der Waals surface area contributed by atoms with Crippen LogP contribution >= 0.6 is 11.3 Å². The Hall–Kier alpha value is -3.52. The molecule has 8 heteroatoms. The van der Waals surface area contributed by atoms with Gasteiger partial charge in [-0.3, -0.25) is 4.98 Å². The molecule has 0 fully saturated rings. The average molecular weight is 389 g/mol. The van der Waals surface area contributed by atoms with Crippen LogP contribution in [0.25, 0.3) is 21.5 Å². The molecule has 0 radical (unpaired) electrons. The van der Waals surface area contributed by atoms with Crippen molar-refractivity contribution in [1.29, 1.82) is 0 Å². The van der Waals surface area contributed by atoms with Crippen molar-refractivity contribution < 1.29 is 9.90 Å². The van der Waals surface area contributed by atoms with Gasteiger partial charge in [-0.2, -0.15) is 5.11 Å². The smallest absolute Gasteiger partial charge is 0.356 e. The summed E-state index contributed by atoms with van der Waals surface area (Å²) < 4.78 is 1.07. The van der Waals surface area contributed by atoms with Gasteiger partial charge in [0.2, 0.25) is 5.13 Å². The molecule has 0 saturated carbocycles. The van der Waals surface area contributed by atoms with Gasteiger partial charge in [0, 0.05) is 5.56 Å². The highest BCUT2D eigenvalue weighted by Crippen LogP contribution is 2.30. The number of para-hydroxylation sites is 1. The number of thiazole rings is 1. The molecular formula is C20H15N5O2S. The number of benzene rings is 2. The van der Waals surface area contributed by atoms with E-state index in [0.717, 1.165) is 21.3 Å². The number of azo groups is 1. The zero-order valence-electron chi connectivity index (χ0n) is 14.9. The highest BCUT2D eigenvalue weighted by Gasteiger charge is 2.10. The van der Waals surface area contributed by atoms with E-state index in [9.17, 15) is 4.79 Å². The van der Waals surface area contributed by atoms with Crippen LogP contribution in [0, 0.1) is 0 Å². The molecule has 1 N–H and O–H groups in total.